The van der Waals surface area contributed by atoms with Crippen molar-refractivity contribution in [2.75, 3.05) is 12.4 Å². The van der Waals surface area contributed by atoms with E-state index in [9.17, 15) is 9.59 Å². The molecule has 4 aromatic rings. The van der Waals surface area contributed by atoms with E-state index in [0.717, 1.165) is 11.1 Å². The first-order chi connectivity index (χ1) is 13.7. The lowest BCUT2D eigenvalue weighted by atomic mass is 10.2. The molecule has 0 fully saturated rings. The average molecular weight is 374 g/mol. The number of fused-ring (bicyclic) bond motifs is 1. The highest BCUT2D eigenvalue weighted by atomic mass is 16.5. The Morgan fingerprint density at radius 3 is 2.64 bits per heavy atom. The second-order valence-corrected chi connectivity index (χ2v) is 6.30. The van der Waals surface area contributed by atoms with Crippen LogP contribution in [0.15, 0.2) is 77.4 Å². The number of methoxy groups -OCH3 is 1. The van der Waals surface area contributed by atoms with Gasteiger partial charge in [0, 0.05) is 24.4 Å². The van der Waals surface area contributed by atoms with Crippen molar-refractivity contribution in [3.63, 3.8) is 0 Å². The number of hydrogen-bond acceptors (Lipinski definition) is 4. The maximum Gasteiger partial charge on any atom is 0.337 e. The standard InChI is InChI=1S/C22H18N2O4/c1-27-22(26)16-8-5-9-17(12-16)23-21(25)19-13-20-18(10-11-28-20)24(19)14-15-6-3-2-4-7-15/h2-13H,14H2,1H3,(H,23,25). The van der Waals surface area contributed by atoms with Gasteiger partial charge in [-0.25, -0.2) is 4.79 Å². The summed E-state index contributed by atoms with van der Waals surface area (Å²) < 4.78 is 12.1. The molecule has 0 aliphatic carbocycles. The van der Waals surface area contributed by atoms with Gasteiger partial charge in [0.05, 0.1) is 24.5 Å². The molecule has 0 unspecified atom stereocenters. The number of esters is 1. The predicted molar refractivity (Wildman–Crippen MR) is 105 cm³/mol. The zero-order valence-corrected chi connectivity index (χ0v) is 15.2. The molecule has 0 saturated carbocycles. The Bertz CT molecular complexity index is 1140. The van der Waals surface area contributed by atoms with Crippen molar-refractivity contribution in [1.29, 1.82) is 0 Å². The fourth-order valence-corrected chi connectivity index (χ4v) is 3.14. The number of furan rings is 1. The number of hydrogen-bond donors (Lipinski definition) is 1. The molecule has 0 saturated heterocycles. The number of nitrogens with one attached hydrogen (secondary N) is 1. The molecule has 2 aromatic heterocycles. The van der Waals surface area contributed by atoms with E-state index in [-0.39, 0.29) is 5.91 Å². The first-order valence-electron chi connectivity index (χ1n) is 8.76. The SMILES string of the molecule is COC(=O)c1cccc(NC(=O)c2cc3occc3n2Cc2ccccc2)c1. The van der Waals surface area contributed by atoms with Gasteiger partial charge < -0.3 is 19.0 Å². The van der Waals surface area contributed by atoms with Crippen LogP contribution in [0.1, 0.15) is 26.4 Å². The Balaban J connectivity index is 1.65. The maximum absolute atomic E-state index is 13.0. The summed E-state index contributed by atoms with van der Waals surface area (Å²) in [5.41, 5.74) is 3.91. The third kappa shape index (κ3) is 3.40. The highest BCUT2D eigenvalue weighted by Gasteiger charge is 2.18. The van der Waals surface area contributed by atoms with Crippen LogP contribution in [0.3, 0.4) is 0 Å². The molecule has 1 N–H and O–H groups in total. The lowest BCUT2D eigenvalue weighted by Crippen LogP contribution is -2.17. The van der Waals surface area contributed by atoms with Crippen molar-refractivity contribution >= 4 is 28.7 Å². The number of anilines is 1. The number of amides is 1. The highest BCUT2D eigenvalue weighted by Crippen LogP contribution is 2.23. The number of ether oxygens (including phenoxy) is 1. The molecule has 0 spiro atoms. The van der Waals surface area contributed by atoms with Crippen molar-refractivity contribution in [3.8, 4) is 0 Å². The van der Waals surface area contributed by atoms with Crippen molar-refractivity contribution in [3.05, 3.63) is 89.8 Å². The minimum Gasteiger partial charge on any atom is -0.465 e. The van der Waals surface area contributed by atoms with E-state index in [2.05, 4.69) is 5.32 Å². The number of carbonyl (C=O) groups excluding carboxylic acids is 2. The van der Waals surface area contributed by atoms with E-state index >= 15 is 0 Å². The molecule has 6 heteroatoms. The summed E-state index contributed by atoms with van der Waals surface area (Å²) in [6, 6.07) is 20.1. The number of nitrogens with zero attached hydrogens (tertiary/aromatic N) is 1. The quantitative estimate of drug-likeness (QED) is 0.528. The van der Waals surface area contributed by atoms with Crippen LogP contribution >= 0.6 is 0 Å². The van der Waals surface area contributed by atoms with Gasteiger partial charge in [-0.1, -0.05) is 36.4 Å². The normalized spacial score (nSPS) is 10.8. The zero-order chi connectivity index (χ0) is 19.5. The molecule has 0 atom stereocenters. The van der Waals surface area contributed by atoms with Gasteiger partial charge in [-0.05, 0) is 23.8 Å². The topological polar surface area (TPSA) is 73.5 Å². The van der Waals surface area contributed by atoms with Crippen molar-refractivity contribution in [1.82, 2.24) is 4.57 Å². The second kappa shape index (κ2) is 7.44. The van der Waals surface area contributed by atoms with Gasteiger partial charge in [0.25, 0.3) is 5.91 Å². The van der Waals surface area contributed by atoms with Gasteiger partial charge in [0.1, 0.15) is 5.69 Å². The van der Waals surface area contributed by atoms with E-state index in [1.807, 2.05) is 41.0 Å². The van der Waals surface area contributed by atoms with Gasteiger partial charge in [-0.3, -0.25) is 4.79 Å². The van der Waals surface area contributed by atoms with Crippen LogP contribution in [-0.4, -0.2) is 23.6 Å². The second-order valence-electron chi connectivity index (χ2n) is 6.30. The Hall–Kier alpha value is -3.80. The van der Waals surface area contributed by atoms with Gasteiger partial charge in [-0.15, -0.1) is 0 Å². The first-order valence-corrected chi connectivity index (χ1v) is 8.76. The summed E-state index contributed by atoms with van der Waals surface area (Å²) in [5.74, 6) is -0.745. The van der Waals surface area contributed by atoms with E-state index in [0.29, 0.717) is 29.1 Å². The summed E-state index contributed by atoms with van der Waals surface area (Å²) in [7, 11) is 1.32. The van der Waals surface area contributed by atoms with Crippen LogP contribution < -0.4 is 5.32 Å². The zero-order valence-electron chi connectivity index (χ0n) is 15.2. The van der Waals surface area contributed by atoms with Gasteiger partial charge in [0.15, 0.2) is 5.58 Å². The summed E-state index contributed by atoms with van der Waals surface area (Å²) in [6.07, 6.45) is 1.60. The van der Waals surface area contributed by atoms with E-state index in [1.54, 1.807) is 36.6 Å². The summed E-state index contributed by atoms with van der Waals surface area (Å²) in [6.45, 7) is 0.537. The predicted octanol–water partition coefficient (Wildman–Crippen LogP) is 4.32. The number of aromatic nitrogens is 1. The van der Waals surface area contributed by atoms with Crippen LogP contribution in [-0.2, 0) is 11.3 Å². The van der Waals surface area contributed by atoms with Gasteiger partial charge in [-0.2, -0.15) is 0 Å². The van der Waals surface area contributed by atoms with Gasteiger partial charge >= 0.3 is 5.97 Å². The maximum atomic E-state index is 13.0. The van der Waals surface area contributed by atoms with Crippen LogP contribution in [0, 0.1) is 0 Å². The molecule has 0 aliphatic heterocycles. The summed E-state index contributed by atoms with van der Waals surface area (Å²) in [4.78, 5) is 24.7. The molecular weight excluding hydrogens is 356 g/mol. The Kier molecular flexibility index (Phi) is 4.68. The van der Waals surface area contributed by atoms with Crippen LogP contribution in [0.4, 0.5) is 5.69 Å². The average Bonchev–Trinajstić information content (AvgIpc) is 3.31. The molecule has 0 radical (unpaired) electrons. The lowest BCUT2D eigenvalue weighted by Gasteiger charge is -2.11. The van der Waals surface area contributed by atoms with E-state index < -0.39 is 5.97 Å². The first kappa shape index (κ1) is 17.6. The van der Waals surface area contributed by atoms with Crippen LogP contribution in [0.25, 0.3) is 11.1 Å². The van der Waals surface area contributed by atoms with E-state index in [1.165, 1.54) is 7.11 Å². The molecule has 0 aliphatic rings. The smallest absolute Gasteiger partial charge is 0.337 e. The Morgan fingerprint density at radius 2 is 1.86 bits per heavy atom. The number of rotatable bonds is 5. The summed E-state index contributed by atoms with van der Waals surface area (Å²) >= 11 is 0. The third-order valence-electron chi connectivity index (χ3n) is 4.48. The molecule has 4 rings (SSSR count). The molecule has 1 amide bonds. The fraction of sp³-hybridized carbons (Fsp3) is 0.0909. The molecule has 28 heavy (non-hydrogen) atoms. The van der Waals surface area contributed by atoms with Crippen molar-refractivity contribution in [2.24, 2.45) is 0 Å². The Labute approximate surface area is 161 Å². The van der Waals surface area contributed by atoms with Crippen LogP contribution in [0.2, 0.25) is 0 Å². The Morgan fingerprint density at radius 1 is 1.04 bits per heavy atom. The van der Waals surface area contributed by atoms with Crippen molar-refractivity contribution < 1.29 is 18.7 Å². The minimum atomic E-state index is -0.457. The number of carbonyl (C=O) groups is 2. The number of benzene rings is 2. The largest absolute Gasteiger partial charge is 0.465 e. The molecule has 2 aromatic carbocycles. The van der Waals surface area contributed by atoms with Crippen LogP contribution in [0.5, 0.6) is 0 Å². The van der Waals surface area contributed by atoms with Gasteiger partial charge in [0.2, 0.25) is 0 Å². The third-order valence-corrected chi connectivity index (χ3v) is 4.48. The highest BCUT2D eigenvalue weighted by molar-refractivity contribution is 6.06. The minimum absolute atomic E-state index is 0.288. The lowest BCUT2D eigenvalue weighted by molar-refractivity contribution is 0.0600. The molecular formula is C22H18N2O4. The molecule has 0 bridgehead atoms. The molecule has 6 nitrogen and oxygen atoms in total. The van der Waals surface area contributed by atoms with E-state index in [4.69, 9.17) is 9.15 Å². The fourth-order valence-electron chi connectivity index (χ4n) is 3.14. The molecule has 2 heterocycles. The molecule has 140 valence electrons. The summed E-state index contributed by atoms with van der Waals surface area (Å²) in [5, 5.41) is 2.85. The monoisotopic (exact) mass is 374 g/mol. The van der Waals surface area contributed by atoms with Crippen molar-refractivity contribution in [2.45, 2.75) is 6.54 Å².